The van der Waals surface area contributed by atoms with Gasteiger partial charge < -0.3 is 14.7 Å². The molecule has 0 bridgehead atoms. The fraction of sp³-hybridized carbons (Fsp3) is 0.286. The van der Waals surface area contributed by atoms with Gasteiger partial charge in [-0.25, -0.2) is 0 Å². The molecule has 0 aliphatic heterocycles. The van der Waals surface area contributed by atoms with Crippen molar-refractivity contribution in [3.8, 4) is 11.6 Å². The van der Waals surface area contributed by atoms with Gasteiger partial charge in [0.1, 0.15) is 5.58 Å². The predicted octanol–water partition coefficient (Wildman–Crippen LogP) is 2.82. The Hall–Kier alpha value is -2.14. The Morgan fingerprint density at radius 2 is 2.05 bits per heavy atom. The minimum Gasteiger partial charge on any atom is -0.453 e. The molecule has 0 saturated heterocycles. The van der Waals surface area contributed by atoms with Crippen LogP contribution < -0.4 is 5.73 Å². The number of fused-ring (bicyclic) bond motifs is 1. The van der Waals surface area contributed by atoms with Crippen LogP contribution in [0.5, 0.6) is 0 Å². The van der Waals surface area contributed by atoms with Crippen LogP contribution in [0.2, 0.25) is 0 Å². The summed E-state index contributed by atoms with van der Waals surface area (Å²) in [5, 5.41) is 4.99. The summed E-state index contributed by atoms with van der Waals surface area (Å²) in [5.41, 5.74) is 6.55. The summed E-state index contributed by atoms with van der Waals surface area (Å²) >= 11 is 0. The maximum atomic E-state index is 6.16. The lowest BCUT2D eigenvalue weighted by Gasteiger charge is -2.33. The third kappa shape index (κ3) is 1.58. The van der Waals surface area contributed by atoms with Crippen molar-refractivity contribution < 1.29 is 8.94 Å². The molecule has 0 unspecified atom stereocenters. The molecular weight excluding hydrogens is 242 g/mol. The van der Waals surface area contributed by atoms with Gasteiger partial charge in [0.05, 0.1) is 5.54 Å². The van der Waals surface area contributed by atoms with Crippen molar-refractivity contribution in [1.82, 2.24) is 10.1 Å². The minimum atomic E-state index is -0.433. The van der Waals surface area contributed by atoms with E-state index in [4.69, 9.17) is 14.7 Å². The van der Waals surface area contributed by atoms with E-state index in [0.717, 1.165) is 30.2 Å². The van der Waals surface area contributed by atoms with E-state index in [-0.39, 0.29) is 0 Å². The van der Waals surface area contributed by atoms with Gasteiger partial charge >= 0.3 is 0 Å². The van der Waals surface area contributed by atoms with E-state index in [1.165, 1.54) is 0 Å². The molecule has 96 valence electrons. The van der Waals surface area contributed by atoms with Crippen LogP contribution in [0, 0.1) is 0 Å². The maximum absolute atomic E-state index is 6.16. The maximum Gasteiger partial charge on any atom is 0.247 e. The molecule has 2 heterocycles. The van der Waals surface area contributed by atoms with Crippen molar-refractivity contribution in [2.45, 2.75) is 24.8 Å². The van der Waals surface area contributed by atoms with Crippen LogP contribution in [0.1, 0.15) is 25.2 Å². The van der Waals surface area contributed by atoms with Gasteiger partial charge in [0, 0.05) is 5.39 Å². The SMILES string of the molecule is NC1(c2nc(-c3cc4ccccc4o3)no2)CCC1. The van der Waals surface area contributed by atoms with Gasteiger partial charge in [0.15, 0.2) is 5.76 Å². The number of nitrogens with zero attached hydrogens (tertiary/aromatic N) is 2. The molecule has 4 rings (SSSR count). The molecule has 19 heavy (non-hydrogen) atoms. The lowest BCUT2D eigenvalue weighted by molar-refractivity contribution is 0.181. The van der Waals surface area contributed by atoms with Crippen LogP contribution in [0.3, 0.4) is 0 Å². The van der Waals surface area contributed by atoms with Gasteiger partial charge in [-0.15, -0.1) is 0 Å². The molecule has 1 aliphatic rings. The largest absolute Gasteiger partial charge is 0.453 e. The van der Waals surface area contributed by atoms with E-state index in [1.54, 1.807) is 0 Å². The van der Waals surface area contributed by atoms with Crippen LogP contribution in [-0.4, -0.2) is 10.1 Å². The highest BCUT2D eigenvalue weighted by atomic mass is 16.5. The molecule has 0 spiro atoms. The first-order chi connectivity index (χ1) is 9.24. The number of benzene rings is 1. The van der Waals surface area contributed by atoms with Crippen LogP contribution in [0.4, 0.5) is 0 Å². The van der Waals surface area contributed by atoms with E-state index in [2.05, 4.69) is 10.1 Å². The van der Waals surface area contributed by atoms with Gasteiger partial charge in [-0.1, -0.05) is 23.4 Å². The molecule has 1 saturated carbocycles. The van der Waals surface area contributed by atoms with Crippen LogP contribution in [0.25, 0.3) is 22.6 Å². The normalized spacial score (nSPS) is 17.5. The third-order valence-corrected chi connectivity index (χ3v) is 3.74. The van der Waals surface area contributed by atoms with Crippen molar-refractivity contribution in [1.29, 1.82) is 0 Å². The predicted molar refractivity (Wildman–Crippen MR) is 69.2 cm³/mol. The highest BCUT2D eigenvalue weighted by Crippen LogP contribution is 2.38. The van der Waals surface area contributed by atoms with E-state index in [9.17, 15) is 0 Å². The summed E-state index contributed by atoms with van der Waals surface area (Å²) in [6.07, 6.45) is 2.91. The molecule has 3 aromatic rings. The van der Waals surface area contributed by atoms with Crippen molar-refractivity contribution in [2.75, 3.05) is 0 Å². The highest BCUT2D eigenvalue weighted by molar-refractivity contribution is 5.81. The molecule has 0 radical (unpaired) electrons. The number of hydrogen-bond donors (Lipinski definition) is 1. The topological polar surface area (TPSA) is 78.1 Å². The Morgan fingerprint density at radius 1 is 1.21 bits per heavy atom. The number of rotatable bonds is 2. The summed E-state index contributed by atoms with van der Waals surface area (Å²) in [6, 6.07) is 9.71. The Bertz CT molecular complexity index is 707. The van der Waals surface area contributed by atoms with Gasteiger partial charge in [0.2, 0.25) is 11.7 Å². The summed E-state index contributed by atoms with van der Waals surface area (Å²) in [6.45, 7) is 0. The van der Waals surface area contributed by atoms with Crippen LogP contribution in [-0.2, 0) is 5.54 Å². The first-order valence-electron chi connectivity index (χ1n) is 6.37. The van der Waals surface area contributed by atoms with Gasteiger partial charge in [0.25, 0.3) is 0 Å². The molecule has 0 atom stereocenters. The van der Waals surface area contributed by atoms with E-state index in [1.807, 2.05) is 30.3 Å². The minimum absolute atomic E-state index is 0.433. The Labute approximate surface area is 109 Å². The zero-order valence-corrected chi connectivity index (χ0v) is 10.3. The molecule has 1 fully saturated rings. The van der Waals surface area contributed by atoms with Gasteiger partial charge in [-0.3, -0.25) is 0 Å². The second-order valence-corrected chi connectivity index (χ2v) is 5.08. The monoisotopic (exact) mass is 255 g/mol. The molecule has 2 aromatic heterocycles. The van der Waals surface area contributed by atoms with Crippen LogP contribution in [0.15, 0.2) is 39.3 Å². The molecule has 2 N–H and O–H groups in total. The third-order valence-electron chi connectivity index (χ3n) is 3.74. The summed E-state index contributed by atoms with van der Waals surface area (Å²) in [7, 11) is 0. The fourth-order valence-corrected chi connectivity index (χ4v) is 2.39. The summed E-state index contributed by atoms with van der Waals surface area (Å²) < 4.78 is 11.0. The molecule has 1 aromatic carbocycles. The lowest BCUT2D eigenvalue weighted by Crippen LogP contribution is -2.43. The van der Waals surface area contributed by atoms with E-state index < -0.39 is 5.54 Å². The quantitative estimate of drug-likeness (QED) is 0.761. The number of furan rings is 1. The summed E-state index contributed by atoms with van der Waals surface area (Å²) in [4.78, 5) is 4.37. The van der Waals surface area contributed by atoms with Crippen molar-refractivity contribution in [3.63, 3.8) is 0 Å². The van der Waals surface area contributed by atoms with Gasteiger partial charge in [-0.05, 0) is 31.4 Å². The average molecular weight is 255 g/mol. The first-order valence-corrected chi connectivity index (χ1v) is 6.37. The second kappa shape index (κ2) is 3.68. The number of para-hydroxylation sites is 1. The molecule has 0 amide bonds. The zero-order valence-electron chi connectivity index (χ0n) is 10.3. The number of nitrogens with two attached hydrogens (primary N) is 1. The average Bonchev–Trinajstić information content (AvgIpc) is 3.02. The Kier molecular flexibility index (Phi) is 2.08. The Balaban J connectivity index is 1.75. The molecule has 5 nitrogen and oxygen atoms in total. The number of aromatic nitrogens is 2. The Morgan fingerprint density at radius 3 is 2.79 bits per heavy atom. The van der Waals surface area contributed by atoms with Gasteiger partial charge in [-0.2, -0.15) is 4.98 Å². The smallest absolute Gasteiger partial charge is 0.247 e. The lowest BCUT2D eigenvalue weighted by atomic mass is 9.78. The van der Waals surface area contributed by atoms with Crippen molar-refractivity contribution in [2.24, 2.45) is 5.73 Å². The second-order valence-electron chi connectivity index (χ2n) is 5.08. The first kappa shape index (κ1) is 10.8. The molecular formula is C14H13N3O2. The fourth-order valence-electron chi connectivity index (χ4n) is 2.39. The highest BCUT2D eigenvalue weighted by Gasteiger charge is 2.40. The van der Waals surface area contributed by atoms with Crippen LogP contribution >= 0.6 is 0 Å². The summed E-state index contributed by atoms with van der Waals surface area (Å²) in [5.74, 6) is 1.58. The van der Waals surface area contributed by atoms with Crippen molar-refractivity contribution in [3.05, 3.63) is 36.2 Å². The molecule has 1 aliphatic carbocycles. The van der Waals surface area contributed by atoms with E-state index >= 15 is 0 Å². The molecule has 5 heteroatoms. The standard InChI is InChI=1S/C14H13N3O2/c15-14(6-3-7-14)13-16-12(17-19-13)11-8-9-4-1-2-5-10(9)18-11/h1-2,4-5,8H,3,6-7,15H2. The van der Waals surface area contributed by atoms with Crippen molar-refractivity contribution >= 4 is 11.0 Å². The van der Waals surface area contributed by atoms with E-state index in [0.29, 0.717) is 17.5 Å². The zero-order chi connectivity index (χ0) is 12.9. The number of hydrogen-bond acceptors (Lipinski definition) is 5.